The second-order valence-corrected chi connectivity index (χ2v) is 7.81. The lowest BCUT2D eigenvalue weighted by atomic mass is 10.3. The Hall–Kier alpha value is -1.21. The third-order valence-electron chi connectivity index (χ3n) is 2.92. The molecule has 0 saturated carbocycles. The van der Waals surface area contributed by atoms with E-state index in [9.17, 15) is 0 Å². The number of nitrogens with zero attached hydrogens (tertiary/aromatic N) is 3. The summed E-state index contributed by atoms with van der Waals surface area (Å²) in [6, 6.07) is 10.1. The minimum atomic E-state index is 0.529. The van der Waals surface area contributed by atoms with Crippen LogP contribution in [0.4, 0.5) is 0 Å². The number of aromatic nitrogens is 3. The molecule has 3 nitrogen and oxygen atoms in total. The molecular weight excluding hydrogens is 342 g/mol. The summed E-state index contributed by atoms with van der Waals surface area (Å²) in [6.45, 7) is 0. The maximum atomic E-state index is 6.18. The minimum Gasteiger partial charge on any atom is -0.230 e. The quantitative estimate of drug-likeness (QED) is 0.374. The van der Waals surface area contributed by atoms with Crippen LogP contribution >= 0.6 is 46.0 Å². The largest absolute Gasteiger partial charge is 0.230 e. The molecule has 7 heteroatoms. The van der Waals surface area contributed by atoms with Crippen molar-refractivity contribution in [2.75, 3.05) is 0 Å². The Morgan fingerprint density at radius 1 is 1.10 bits per heavy atom. The van der Waals surface area contributed by atoms with E-state index in [0.29, 0.717) is 10.9 Å². The van der Waals surface area contributed by atoms with E-state index in [1.165, 1.54) is 4.70 Å². The highest BCUT2D eigenvalue weighted by Gasteiger charge is 2.09. The maximum Gasteiger partial charge on any atom is 0.151 e. The summed E-state index contributed by atoms with van der Waals surface area (Å²) in [6.07, 6.45) is 0. The molecule has 0 spiro atoms. The molecule has 0 atom stereocenters. The van der Waals surface area contributed by atoms with Crippen molar-refractivity contribution in [2.24, 2.45) is 0 Å². The topological polar surface area (TPSA) is 38.7 Å². The van der Waals surface area contributed by atoms with Gasteiger partial charge in [0.1, 0.15) is 15.8 Å². The van der Waals surface area contributed by atoms with Crippen LogP contribution in [0.25, 0.3) is 20.4 Å². The van der Waals surface area contributed by atoms with E-state index in [4.69, 9.17) is 11.6 Å². The lowest BCUT2D eigenvalue weighted by Gasteiger charge is -1.99. The van der Waals surface area contributed by atoms with Gasteiger partial charge in [0.05, 0.1) is 16.0 Å². The zero-order valence-corrected chi connectivity index (χ0v) is 13.8. The molecule has 0 aliphatic heterocycles. The molecule has 0 fully saturated rings. The summed E-state index contributed by atoms with van der Waals surface area (Å²) in [5.74, 6) is 1.42. The Balaban J connectivity index is 1.59. The number of fused-ring (bicyclic) bond motifs is 2. The van der Waals surface area contributed by atoms with Gasteiger partial charge in [-0.2, -0.15) is 0 Å². The number of halogens is 1. The Kier molecular flexibility index (Phi) is 3.54. The predicted molar refractivity (Wildman–Crippen MR) is 91.6 cm³/mol. The summed E-state index contributed by atoms with van der Waals surface area (Å²) < 4.78 is 2.23. The average Bonchev–Trinajstić information content (AvgIpc) is 3.11. The second kappa shape index (κ2) is 5.53. The van der Waals surface area contributed by atoms with E-state index in [0.717, 1.165) is 25.9 Å². The van der Waals surface area contributed by atoms with Crippen LogP contribution in [0.3, 0.4) is 0 Å². The molecule has 0 radical (unpaired) electrons. The lowest BCUT2D eigenvalue weighted by Crippen LogP contribution is -1.92. The van der Waals surface area contributed by atoms with Crippen molar-refractivity contribution >= 4 is 66.5 Å². The van der Waals surface area contributed by atoms with Crippen LogP contribution in [0.5, 0.6) is 0 Å². The van der Waals surface area contributed by atoms with Crippen LogP contribution in [-0.4, -0.2) is 15.0 Å². The van der Waals surface area contributed by atoms with E-state index in [1.54, 1.807) is 34.4 Å². The van der Waals surface area contributed by atoms with Gasteiger partial charge in [0.25, 0.3) is 0 Å². The first-order valence-corrected chi connectivity index (χ1v) is 9.23. The van der Waals surface area contributed by atoms with E-state index in [2.05, 4.69) is 21.0 Å². The number of hydrogen-bond acceptors (Lipinski definition) is 6. The zero-order valence-electron chi connectivity index (χ0n) is 10.6. The first-order valence-electron chi connectivity index (χ1n) is 6.17. The summed E-state index contributed by atoms with van der Waals surface area (Å²) >= 11 is 11.1. The predicted octanol–water partition coefficient (Wildman–Crippen LogP) is 5.25. The molecule has 104 valence electrons. The van der Waals surface area contributed by atoms with Gasteiger partial charge in [0, 0.05) is 5.39 Å². The zero-order chi connectivity index (χ0) is 14.2. The number of hydrogen-bond donors (Lipinski definition) is 0. The van der Waals surface area contributed by atoms with Crippen molar-refractivity contribution in [3.8, 4) is 0 Å². The number of para-hydroxylation sites is 1. The minimum absolute atomic E-state index is 0.529. The molecule has 3 aromatic heterocycles. The SMILES string of the molecule is Clc1nc(CSc2nc3ccccc3s2)nc2sccc12. The van der Waals surface area contributed by atoms with Crippen LogP contribution in [0.2, 0.25) is 5.15 Å². The molecule has 4 rings (SSSR count). The van der Waals surface area contributed by atoms with Gasteiger partial charge in [-0.05, 0) is 23.6 Å². The van der Waals surface area contributed by atoms with Crippen LogP contribution in [0.1, 0.15) is 5.82 Å². The Labute approximate surface area is 138 Å². The Morgan fingerprint density at radius 3 is 2.90 bits per heavy atom. The summed E-state index contributed by atoms with van der Waals surface area (Å²) in [4.78, 5) is 14.4. The van der Waals surface area contributed by atoms with Crippen LogP contribution in [-0.2, 0) is 5.75 Å². The highest BCUT2D eigenvalue weighted by molar-refractivity contribution is 8.00. The van der Waals surface area contributed by atoms with Crippen molar-refractivity contribution in [1.82, 2.24) is 15.0 Å². The third kappa shape index (κ3) is 2.64. The monoisotopic (exact) mass is 349 g/mol. The Morgan fingerprint density at radius 2 is 2.00 bits per heavy atom. The fraction of sp³-hybridized carbons (Fsp3) is 0.0714. The van der Waals surface area contributed by atoms with Gasteiger partial charge in [0.2, 0.25) is 0 Å². The van der Waals surface area contributed by atoms with Crippen molar-refractivity contribution in [3.63, 3.8) is 0 Å². The average molecular weight is 350 g/mol. The summed E-state index contributed by atoms with van der Waals surface area (Å²) in [7, 11) is 0. The number of thiazole rings is 1. The van der Waals surface area contributed by atoms with Gasteiger partial charge in [-0.1, -0.05) is 35.5 Å². The normalized spacial score (nSPS) is 11.5. The smallest absolute Gasteiger partial charge is 0.151 e. The molecule has 0 bridgehead atoms. The maximum absolute atomic E-state index is 6.18. The molecule has 3 heterocycles. The van der Waals surface area contributed by atoms with Crippen molar-refractivity contribution in [1.29, 1.82) is 0 Å². The molecule has 21 heavy (non-hydrogen) atoms. The lowest BCUT2D eigenvalue weighted by molar-refractivity contribution is 1.07. The highest BCUT2D eigenvalue weighted by atomic mass is 35.5. The fourth-order valence-electron chi connectivity index (χ4n) is 1.96. The van der Waals surface area contributed by atoms with Crippen LogP contribution < -0.4 is 0 Å². The molecule has 0 saturated heterocycles. The third-order valence-corrected chi connectivity index (χ3v) is 6.19. The van der Waals surface area contributed by atoms with Crippen LogP contribution in [0.15, 0.2) is 40.1 Å². The summed E-state index contributed by atoms with van der Waals surface area (Å²) in [5, 5.41) is 3.44. The highest BCUT2D eigenvalue weighted by Crippen LogP contribution is 2.32. The molecular formula is C14H8ClN3S3. The van der Waals surface area contributed by atoms with E-state index in [1.807, 2.05) is 29.6 Å². The van der Waals surface area contributed by atoms with Gasteiger partial charge in [-0.25, -0.2) is 15.0 Å². The van der Waals surface area contributed by atoms with Crippen molar-refractivity contribution in [2.45, 2.75) is 10.1 Å². The summed E-state index contributed by atoms with van der Waals surface area (Å²) in [5.41, 5.74) is 1.04. The first kappa shape index (κ1) is 13.5. The molecule has 0 N–H and O–H groups in total. The van der Waals surface area contributed by atoms with Crippen molar-refractivity contribution < 1.29 is 0 Å². The fourth-order valence-corrected chi connectivity index (χ4v) is 4.98. The standard InChI is InChI=1S/C14H8ClN3S3/c15-12-8-5-6-19-13(8)18-11(17-12)7-20-14-16-9-3-1-2-4-10(9)21-14/h1-6H,7H2. The molecule has 0 amide bonds. The number of rotatable bonds is 3. The van der Waals surface area contributed by atoms with Crippen molar-refractivity contribution in [3.05, 3.63) is 46.7 Å². The number of thioether (sulfide) groups is 1. The Bertz CT molecular complexity index is 898. The molecule has 0 aliphatic rings. The molecule has 0 unspecified atom stereocenters. The number of thiophene rings is 1. The number of benzene rings is 1. The van der Waals surface area contributed by atoms with Gasteiger partial charge in [-0.3, -0.25) is 0 Å². The first-order chi connectivity index (χ1) is 10.3. The van der Waals surface area contributed by atoms with E-state index < -0.39 is 0 Å². The van der Waals surface area contributed by atoms with E-state index >= 15 is 0 Å². The van der Waals surface area contributed by atoms with E-state index in [-0.39, 0.29) is 0 Å². The second-order valence-electron chi connectivity index (χ2n) is 4.31. The van der Waals surface area contributed by atoms with Gasteiger partial charge < -0.3 is 0 Å². The van der Waals surface area contributed by atoms with Crippen LogP contribution in [0, 0.1) is 0 Å². The van der Waals surface area contributed by atoms with Gasteiger partial charge in [-0.15, -0.1) is 22.7 Å². The van der Waals surface area contributed by atoms with Gasteiger partial charge >= 0.3 is 0 Å². The van der Waals surface area contributed by atoms with Gasteiger partial charge in [0.15, 0.2) is 4.34 Å². The molecule has 4 aromatic rings. The molecule has 1 aromatic carbocycles. The molecule has 0 aliphatic carbocycles.